The van der Waals surface area contributed by atoms with Crippen LogP contribution in [-0.4, -0.2) is 22.7 Å². The van der Waals surface area contributed by atoms with E-state index in [1.807, 2.05) is 0 Å². The van der Waals surface area contributed by atoms with Crippen molar-refractivity contribution >= 4 is 21.8 Å². The van der Waals surface area contributed by atoms with Gasteiger partial charge < -0.3 is 5.32 Å². The Kier molecular flexibility index (Phi) is 2.33. The Morgan fingerprint density at radius 3 is 2.43 bits per heavy atom. The van der Waals surface area contributed by atoms with Gasteiger partial charge in [0.15, 0.2) is 0 Å². The number of carbonyl (C=O) groups excluding carboxylic acids is 1. The molecule has 3 atom stereocenters. The quantitative estimate of drug-likeness (QED) is 0.762. The minimum absolute atomic E-state index is 0.0443. The topological polar surface area (TPSA) is 29.1 Å². The van der Waals surface area contributed by atoms with Crippen molar-refractivity contribution in [1.82, 2.24) is 5.32 Å². The second kappa shape index (κ2) is 3.15. The van der Waals surface area contributed by atoms with E-state index in [-0.39, 0.29) is 16.8 Å². The smallest absolute Gasteiger partial charge is 0.254 e. The Morgan fingerprint density at radius 1 is 1.50 bits per heavy atom. The molecule has 0 bridgehead atoms. The molecule has 0 spiro atoms. The number of rotatable bonds is 2. The molecule has 0 heterocycles. The molecule has 2 fully saturated rings. The molecule has 0 aromatic carbocycles. The lowest BCUT2D eigenvalue weighted by atomic mass is 10.1. The average Bonchev–Trinajstić information content (AvgIpc) is 2.51. The van der Waals surface area contributed by atoms with Crippen molar-refractivity contribution in [2.24, 2.45) is 11.8 Å². The van der Waals surface area contributed by atoms with E-state index in [0.29, 0.717) is 12.8 Å². The van der Waals surface area contributed by atoms with Gasteiger partial charge in [-0.25, -0.2) is 8.78 Å². The average molecular weight is 268 g/mol. The lowest BCUT2D eigenvalue weighted by Gasteiger charge is -2.16. The summed E-state index contributed by atoms with van der Waals surface area (Å²) in [6.07, 6.45) is 0.867. The molecule has 2 rings (SSSR count). The molecule has 2 nitrogen and oxygen atoms in total. The van der Waals surface area contributed by atoms with Crippen LogP contribution in [0.15, 0.2) is 0 Å². The first kappa shape index (κ1) is 10.3. The standard InChI is InChI=1S/C9H12BrF2NO/c1-4(10)8(14)13-5-2-6-7(3-5)9(6,11)12/h4-7H,2-3H2,1H3,(H,13,14). The molecule has 1 amide bonds. The highest BCUT2D eigenvalue weighted by Gasteiger charge is 2.71. The second-order valence-electron chi connectivity index (χ2n) is 4.18. The van der Waals surface area contributed by atoms with Crippen LogP contribution in [0.25, 0.3) is 0 Å². The molecular weight excluding hydrogens is 256 g/mol. The lowest BCUT2D eigenvalue weighted by molar-refractivity contribution is -0.121. The summed E-state index contributed by atoms with van der Waals surface area (Å²) in [5.41, 5.74) is 0. The Labute approximate surface area is 89.6 Å². The zero-order valence-electron chi connectivity index (χ0n) is 7.77. The van der Waals surface area contributed by atoms with Crippen molar-refractivity contribution in [2.75, 3.05) is 0 Å². The molecule has 0 aliphatic heterocycles. The largest absolute Gasteiger partial charge is 0.352 e. The highest BCUT2D eigenvalue weighted by molar-refractivity contribution is 9.10. The molecule has 2 aliphatic carbocycles. The van der Waals surface area contributed by atoms with Gasteiger partial charge in [0.05, 0.1) is 4.83 Å². The Balaban J connectivity index is 1.81. The number of carbonyl (C=O) groups is 1. The van der Waals surface area contributed by atoms with Gasteiger partial charge in [0.1, 0.15) is 0 Å². The van der Waals surface area contributed by atoms with Gasteiger partial charge in [-0.05, 0) is 19.8 Å². The van der Waals surface area contributed by atoms with Gasteiger partial charge in [0, 0.05) is 17.9 Å². The number of amides is 1. The van der Waals surface area contributed by atoms with E-state index >= 15 is 0 Å². The van der Waals surface area contributed by atoms with E-state index < -0.39 is 17.8 Å². The monoisotopic (exact) mass is 267 g/mol. The predicted molar refractivity (Wildman–Crippen MR) is 51.5 cm³/mol. The highest BCUT2D eigenvalue weighted by atomic mass is 79.9. The summed E-state index contributed by atoms with van der Waals surface area (Å²) in [5.74, 6) is -3.50. The van der Waals surface area contributed by atoms with Gasteiger partial charge in [-0.2, -0.15) is 0 Å². The van der Waals surface area contributed by atoms with E-state index in [1.165, 1.54) is 0 Å². The van der Waals surface area contributed by atoms with E-state index in [1.54, 1.807) is 6.92 Å². The molecule has 0 radical (unpaired) electrons. The van der Waals surface area contributed by atoms with Crippen molar-refractivity contribution in [3.63, 3.8) is 0 Å². The van der Waals surface area contributed by atoms with Crippen LogP contribution in [0, 0.1) is 11.8 Å². The van der Waals surface area contributed by atoms with Crippen LogP contribution in [0.1, 0.15) is 19.8 Å². The van der Waals surface area contributed by atoms with E-state index in [4.69, 9.17) is 0 Å². The number of hydrogen-bond acceptors (Lipinski definition) is 1. The number of halogens is 3. The zero-order valence-corrected chi connectivity index (χ0v) is 9.35. The fraction of sp³-hybridized carbons (Fsp3) is 0.889. The molecule has 2 aliphatic rings. The van der Waals surface area contributed by atoms with Crippen molar-refractivity contribution < 1.29 is 13.6 Å². The minimum atomic E-state index is -2.44. The molecule has 2 saturated carbocycles. The van der Waals surface area contributed by atoms with Crippen molar-refractivity contribution in [3.05, 3.63) is 0 Å². The van der Waals surface area contributed by atoms with Gasteiger partial charge >= 0.3 is 0 Å². The third kappa shape index (κ3) is 1.55. The van der Waals surface area contributed by atoms with Gasteiger partial charge in [0.2, 0.25) is 5.91 Å². The van der Waals surface area contributed by atoms with Gasteiger partial charge in [-0.15, -0.1) is 0 Å². The third-order valence-corrected chi connectivity index (χ3v) is 3.57. The number of fused-ring (bicyclic) bond motifs is 1. The molecule has 14 heavy (non-hydrogen) atoms. The van der Waals surface area contributed by atoms with E-state index in [0.717, 1.165) is 0 Å². The molecule has 0 aromatic rings. The molecule has 80 valence electrons. The summed E-state index contributed by atoms with van der Waals surface area (Å²) < 4.78 is 25.6. The number of nitrogens with one attached hydrogen (secondary N) is 1. The van der Waals surface area contributed by atoms with Crippen LogP contribution >= 0.6 is 15.9 Å². The molecule has 1 N–H and O–H groups in total. The fourth-order valence-electron chi connectivity index (χ4n) is 2.25. The Hall–Kier alpha value is -0.190. The maximum Gasteiger partial charge on any atom is 0.254 e. The first-order valence-electron chi connectivity index (χ1n) is 4.75. The van der Waals surface area contributed by atoms with Gasteiger partial charge in [-0.1, -0.05) is 15.9 Å². The summed E-state index contributed by atoms with van der Waals surface area (Å²) in [7, 11) is 0. The van der Waals surface area contributed by atoms with Crippen molar-refractivity contribution in [3.8, 4) is 0 Å². The fourth-order valence-corrected chi connectivity index (χ4v) is 2.38. The van der Waals surface area contributed by atoms with Crippen LogP contribution in [0.4, 0.5) is 8.78 Å². The lowest BCUT2D eigenvalue weighted by Crippen LogP contribution is -2.38. The van der Waals surface area contributed by atoms with E-state index in [2.05, 4.69) is 21.2 Å². The van der Waals surface area contributed by atoms with Crippen LogP contribution in [0.3, 0.4) is 0 Å². The zero-order chi connectivity index (χ0) is 10.5. The van der Waals surface area contributed by atoms with Crippen LogP contribution in [-0.2, 0) is 4.79 Å². The minimum Gasteiger partial charge on any atom is -0.352 e. The second-order valence-corrected chi connectivity index (χ2v) is 5.55. The summed E-state index contributed by atoms with van der Waals surface area (Å²) in [4.78, 5) is 11.0. The van der Waals surface area contributed by atoms with Crippen LogP contribution in [0.5, 0.6) is 0 Å². The summed E-state index contributed by atoms with van der Waals surface area (Å²) in [5, 5.41) is 2.76. The van der Waals surface area contributed by atoms with Gasteiger partial charge in [-0.3, -0.25) is 4.79 Å². The maximum absolute atomic E-state index is 12.8. The first-order valence-corrected chi connectivity index (χ1v) is 5.66. The van der Waals surface area contributed by atoms with Crippen molar-refractivity contribution in [1.29, 1.82) is 0 Å². The number of hydrogen-bond donors (Lipinski definition) is 1. The Bertz CT molecular complexity index is 256. The van der Waals surface area contributed by atoms with Crippen LogP contribution in [0.2, 0.25) is 0 Å². The number of alkyl halides is 3. The van der Waals surface area contributed by atoms with E-state index in [9.17, 15) is 13.6 Å². The third-order valence-electron chi connectivity index (χ3n) is 3.15. The van der Waals surface area contributed by atoms with Crippen LogP contribution < -0.4 is 5.32 Å². The summed E-state index contributed by atoms with van der Waals surface area (Å²) >= 11 is 3.14. The normalized spacial score (nSPS) is 40.1. The molecular formula is C9H12BrF2NO. The summed E-state index contributed by atoms with van der Waals surface area (Å²) in [6, 6.07) is -0.0443. The Morgan fingerprint density at radius 2 is 2.00 bits per heavy atom. The SMILES string of the molecule is CC(Br)C(=O)NC1CC2C(C1)C2(F)F. The summed E-state index contributed by atoms with van der Waals surface area (Å²) in [6.45, 7) is 1.72. The highest BCUT2D eigenvalue weighted by Crippen LogP contribution is 2.63. The predicted octanol–water partition coefficient (Wildman–Crippen LogP) is 1.93. The molecule has 3 unspecified atom stereocenters. The molecule has 0 saturated heterocycles. The molecule has 0 aromatic heterocycles. The maximum atomic E-state index is 12.8. The first-order chi connectivity index (χ1) is 6.43. The van der Waals surface area contributed by atoms with Gasteiger partial charge in [0.25, 0.3) is 5.92 Å². The van der Waals surface area contributed by atoms with Crippen molar-refractivity contribution in [2.45, 2.75) is 36.6 Å². The molecule has 5 heteroatoms.